The van der Waals surface area contributed by atoms with E-state index in [9.17, 15) is 9.59 Å². The van der Waals surface area contributed by atoms with Gasteiger partial charge in [0.15, 0.2) is 5.75 Å². The molecule has 112 valence electrons. The number of nitrogens with one attached hydrogen (secondary N) is 2. The number of rotatable bonds is 5. The Balaban J connectivity index is 2.04. The van der Waals surface area contributed by atoms with Gasteiger partial charge in [-0.15, -0.1) is 0 Å². The third-order valence-corrected chi connectivity index (χ3v) is 2.00. The van der Waals surface area contributed by atoms with Gasteiger partial charge in [0.25, 0.3) is 0 Å². The van der Waals surface area contributed by atoms with E-state index >= 15 is 0 Å². The second-order valence-corrected chi connectivity index (χ2v) is 5.06. The van der Waals surface area contributed by atoms with Crippen molar-refractivity contribution in [2.75, 3.05) is 13.1 Å². The minimum Gasteiger partial charge on any atom is -0.469 e. The van der Waals surface area contributed by atoms with Gasteiger partial charge in [0.1, 0.15) is 11.9 Å². The molecule has 0 aliphatic heterocycles. The Labute approximate surface area is 117 Å². The van der Waals surface area contributed by atoms with E-state index in [2.05, 4.69) is 10.6 Å². The highest BCUT2D eigenvalue weighted by molar-refractivity contribution is 5.70. The summed E-state index contributed by atoms with van der Waals surface area (Å²) in [4.78, 5) is 22.6. The lowest BCUT2D eigenvalue weighted by molar-refractivity contribution is 0.0527. The standard InChI is InChI=1S/C13H20N2O5/c1-13(2,3)20-12(17)15-7-4-6-14-11(16)19-10-5-8-18-9-10/h5,8-9H,4,6-7H2,1-3H3,(H,14,16)(H,15,17). The SMILES string of the molecule is CC(C)(C)OC(=O)NCCCNC(=O)Oc1ccoc1. The Hall–Kier alpha value is -2.18. The van der Waals surface area contributed by atoms with Gasteiger partial charge in [-0.25, -0.2) is 9.59 Å². The summed E-state index contributed by atoms with van der Waals surface area (Å²) in [5, 5.41) is 5.14. The largest absolute Gasteiger partial charge is 0.469 e. The fourth-order valence-corrected chi connectivity index (χ4v) is 1.24. The molecule has 1 aromatic rings. The molecule has 0 aliphatic carbocycles. The molecular weight excluding hydrogens is 264 g/mol. The summed E-state index contributed by atoms with van der Waals surface area (Å²) >= 11 is 0. The van der Waals surface area contributed by atoms with Crippen molar-refractivity contribution in [3.05, 3.63) is 18.6 Å². The van der Waals surface area contributed by atoms with Crippen LogP contribution in [0.1, 0.15) is 27.2 Å². The summed E-state index contributed by atoms with van der Waals surface area (Å²) in [6, 6.07) is 1.53. The number of hydrogen-bond acceptors (Lipinski definition) is 5. The van der Waals surface area contributed by atoms with Crippen LogP contribution in [0, 0.1) is 0 Å². The molecule has 20 heavy (non-hydrogen) atoms. The fourth-order valence-electron chi connectivity index (χ4n) is 1.24. The fraction of sp³-hybridized carbons (Fsp3) is 0.538. The first kappa shape index (κ1) is 15.9. The Morgan fingerprint density at radius 2 is 1.85 bits per heavy atom. The zero-order chi connectivity index (χ0) is 15.0. The van der Waals surface area contributed by atoms with E-state index in [1.165, 1.54) is 18.6 Å². The maximum Gasteiger partial charge on any atom is 0.412 e. The van der Waals surface area contributed by atoms with Crippen LogP contribution in [0.2, 0.25) is 0 Å². The zero-order valence-electron chi connectivity index (χ0n) is 11.9. The quantitative estimate of drug-likeness (QED) is 0.810. The summed E-state index contributed by atoms with van der Waals surface area (Å²) < 4.78 is 14.7. The number of carbonyl (C=O) groups excluding carboxylic acids is 2. The van der Waals surface area contributed by atoms with Crippen molar-refractivity contribution in [1.29, 1.82) is 0 Å². The number of furan rings is 1. The Morgan fingerprint density at radius 3 is 2.40 bits per heavy atom. The molecule has 0 aliphatic rings. The van der Waals surface area contributed by atoms with Gasteiger partial charge in [-0.3, -0.25) is 0 Å². The van der Waals surface area contributed by atoms with Gasteiger partial charge in [0.2, 0.25) is 0 Å². The summed E-state index contributed by atoms with van der Waals surface area (Å²) in [6.45, 7) is 6.16. The Morgan fingerprint density at radius 1 is 1.20 bits per heavy atom. The van der Waals surface area contributed by atoms with Crippen LogP contribution in [0.4, 0.5) is 9.59 Å². The summed E-state index contributed by atoms with van der Waals surface area (Å²) in [7, 11) is 0. The van der Waals surface area contributed by atoms with E-state index in [1.807, 2.05) is 0 Å². The monoisotopic (exact) mass is 284 g/mol. The number of hydrogen-bond donors (Lipinski definition) is 2. The van der Waals surface area contributed by atoms with Crippen molar-refractivity contribution in [3.63, 3.8) is 0 Å². The molecular formula is C13H20N2O5. The number of alkyl carbamates (subject to hydrolysis) is 1. The Bertz CT molecular complexity index is 422. The van der Waals surface area contributed by atoms with Crippen LogP contribution in [0.15, 0.2) is 23.0 Å². The molecule has 2 N–H and O–H groups in total. The molecule has 0 radical (unpaired) electrons. The predicted molar refractivity (Wildman–Crippen MR) is 71.6 cm³/mol. The van der Waals surface area contributed by atoms with Gasteiger partial charge in [0.05, 0.1) is 6.26 Å². The topological polar surface area (TPSA) is 89.8 Å². The van der Waals surface area contributed by atoms with Crippen molar-refractivity contribution in [2.24, 2.45) is 0 Å². The first-order valence-electron chi connectivity index (χ1n) is 6.31. The van der Waals surface area contributed by atoms with E-state index in [0.29, 0.717) is 25.3 Å². The summed E-state index contributed by atoms with van der Waals surface area (Å²) in [5.41, 5.74) is -0.517. The van der Waals surface area contributed by atoms with Crippen LogP contribution in [-0.2, 0) is 4.74 Å². The number of ether oxygens (including phenoxy) is 2. The molecule has 0 spiro atoms. The van der Waals surface area contributed by atoms with Crippen LogP contribution >= 0.6 is 0 Å². The smallest absolute Gasteiger partial charge is 0.412 e. The molecule has 0 aromatic carbocycles. The third kappa shape index (κ3) is 7.30. The highest BCUT2D eigenvalue weighted by atomic mass is 16.6. The van der Waals surface area contributed by atoms with Gasteiger partial charge >= 0.3 is 12.2 Å². The van der Waals surface area contributed by atoms with Crippen LogP contribution in [-0.4, -0.2) is 30.9 Å². The van der Waals surface area contributed by atoms with Crippen LogP contribution < -0.4 is 15.4 Å². The van der Waals surface area contributed by atoms with Crippen LogP contribution in [0.5, 0.6) is 5.75 Å². The van der Waals surface area contributed by atoms with Crippen molar-refractivity contribution in [2.45, 2.75) is 32.8 Å². The maximum absolute atomic E-state index is 11.3. The van der Waals surface area contributed by atoms with E-state index in [0.717, 1.165) is 0 Å². The van der Waals surface area contributed by atoms with Crippen molar-refractivity contribution >= 4 is 12.2 Å². The predicted octanol–water partition coefficient (Wildman–Crippen LogP) is 2.28. The van der Waals surface area contributed by atoms with Gasteiger partial charge in [-0.1, -0.05) is 0 Å². The minimum absolute atomic E-state index is 0.342. The molecule has 7 heteroatoms. The summed E-state index contributed by atoms with van der Waals surface area (Å²) in [6.07, 6.45) is 2.26. The van der Waals surface area contributed by atoms with Gasteiger partial charge in [-0.05, 0) is 27.2 Å². The third-order valence-electron chi connectivity index (χ3n) is 2.00. The Kier molecular flexibility index (Phi) is 5.89. The minimum atomic E-state index is -0.566. The van der Waals surface area contributed by atoms with Gasteiger partial charge in [0, 0.05) is 19.2 Å². The lowest BCUT2D eigenvalue weighted by Gasteiger charge is -2.19. The van der Waals surface area contributed by atoms with E-state index < -0.39 is 17.8 Å². The average molecular weight is 284 g/mol. The average Bonchev–Trinajstić information content (AvgIpc) is 2.78. The molecule has 0 bridgehead atoms. The number of amides is 2. The lowest BCUT2D eigenvalue weighted by atomic mass is 10.2. The van der Waals surface area contributed by atoms with Gasteiger partial charge in [-0.2, -0.15) is 0 Å². The summed E-state index contributed by atoms with van der Waals surface area (Å²) in [5.74, 6) is 0.342. The van der Waals surface area contributed by atoms with Crippen LogP contribution in [0.3, 0.4) is 0 Å². The molecule has 2 amide bonds. The highest BCUT2D eigenvalue weighted by Crippen LogP contribution is 2.09. The molecule has 0 fully saturated rings. The highest BCUT2D eigenvalue weighted by Gasteiger charge is 2.15. The van der Waals surface area contributed by atoms with Gasteiger partial charge < -0.3 is 24.5 Å². The second-order valence-electron chi connectivity index (χ2n) is 5.06. The first-order valence-corrected chi connectivity index (χ1v) is 6.31. The molecule has 1 rings (SSSR count). The first-order chi connectivity index (χ1) is 9.37. The van der Waals surface area contributed by atoms with E-state index in [-0.39, 0.29) is 0 Å². The molecule has 0 atom stereocenters. The van der Waals surface area contributed by atoms with Crippen molar-refractivity contribution in [3.8, 4) is 5.75 Å². The van der Waals surface area contributed by atoms with E-state index in [1.54, 1.807) is 20.8 Å². The molecule has 0 unspecified atom stereocenters. The molecule has 0 saturated carbocycles. The maximum atomic E-state index is 11.3. The second kappa shape index (κ2) is 7.42. The van der Waals surface area contributed by atoms with Crippen molar-refractivity contribution in [1.82, 2.24) is 10.6 Å². The lowest BCUT2D eigenvalue weighted by Crippen LogP contribution is -2.35. The van der Waals surface area contributed by atoms with Crippen LogP contribution in [0.25, 0.3) is 0 Å². The molecule has 0 saturated heterocycles. The van der Waals surface area contributed by atoms with E-state index in [4.69, 9.17) is 13.9 Å². The zero-order valence-corrected chi connectivity index (χ0v) is 11.9. The van der Waals surface area contributed by atoms with Crippen molar-refractivity contribution < 1.29 is 23.5 Å². The molecule has 1 heterocycles. The molecule has 7 nitrogen and oxygen atoms in total. The number of carbonyl (C=O) groups is 2. The normalized spacial score (nSPS) is 10.8. The molecule has 1 aromatic heterocycles.